The summed E-state index contributed by atoms with van der Waals surface area (Å²) in [7, 11) is 0. The molecule has 0 saturated carbocycles. The summed E-state index contributed by atoms with van der Waals surface area (Å²) in [5.74, 6) is 0. The Morgan fingerprint density at radius 3 is 1.94 bits per heavy atom. The maximum Gasteiger partial charge on any atom is -0.0126 e. The van der Waals surface area contributed by atoms with E-state index in [0.717, 1.165) is 6.42 Å². The molecule has 0 radical (unpaired) electrons. The summed E-state index contributed by atoms with van der Waals surface area (Å²) in [5.41, 5.74) is 7.37. The van der Waals surface area contributed by atoms with E-state index in [0.29, 0.717) is 0 Å². The third-order valence-electron chi connectivity index (χ3n) is 3.72. The normalized spacial score (nSPS) is 16.4. The van der Waals surface area contributed by atoms with Crippen LogP contribution in [0.5, 0.6) is 0 Å². The molecule has 1 aliphatic carbocycles. The fraction of sp³-hybridized carbons (Fsp3) is 0.412. The second-order valence-corrected chi connectivity index (χ2v) is 6.05. The van der Waals surface area contributed by atoms with E-state index in [9.17, 15) is 0 Å². The molecule has 0 saturated heterocycles. The average molecular weight is 226 g/mol. The van der Waals surface area contributed by atoms with Gasteiger partial charge in [0.25, 0.3) is 0 Å². The van der Waals surface area contributed by atoms with E-state index in [1.165, 1.54) is 27.8 Å². The van der Waals surface area contributed by atoms with Crippen LogP contribution in [0.2, 0.25) is 0 Å². The van der Waals surface area contributed by atoms with Crippen LogP contribution in [0, 0.1) is 0 Å². The van der Waals surface area contributed by atoms with Crippen molar-refractivity contribution in [1.82, 2.24) is 0 Å². The molecule has 0 unspecified atom stereocenters. The van der Waals surface area contributed by atoms with Gasteiger partial charge in [0.05, 0.1) is 0 Å². The van der Waals surface area contributed by atoms with Crippen LogP contribution >= 0.6 is 0 Å². The lowest BCUT2D eigenvalue weighted by atomic mass is 9.86. The Morgan fingerprint density at radius 2 is 1.53 bits per heavy atom. The fourth-order valence-corrected chi connectivity index (χ4v) is 2.28. The first kappa shape index (κ1) is 12.2. The van der Waals surface area contributed by atoms with Gasteiger partial charge < -0.3 is 0 Å². The molecular formula is C17H22. The molecule has 0 N–H and O–H groups in total. The molecule has 0 heterocycles. The summed E-state index contributed by atoms with van der Waals surface area (Å²) < 4.78 is 0. The molecule has 0 atom stereocenters. The Balaban J connectivity index is 2.32. The summed E-state index contributed by atoms with van der Waals surface area (Å²) in [5, 5.41) is 0. The molecule has 1 aromatic carbocycles. The van der Waals surface area contributed by atoms with Crippen LogP contribution in [0.15, 0.2) is 41.5 Å². The minimum absolute atomic E-state index is 0.239. The predicted molar refractivity (Wildman–Crippen MR) is 76.1 cm³/mol. The summed E-state index contributed by atoms with van der Waals surface area (Å²) in [4.78, 5) is 0. The van der Waals surface area contributed by atoms with Crippen molar-refractivity contribution in [3.8, 4) is 0 Å². The van der Waals surface area contributed by atoms with E-state index in [1.54, 1.807) is 0 Å². The maximum absolute atomic E-state index is 2.34. The molecule has 0 fully saturated rings. The van der Waals surface area contributed by atoms with Gasteiger partial charge in [-0.3, -0.25) is 0 Å². The Bertz CT molecular complexity index is 476. The monoisotopic (exact) mass is 226 g/mol. The number of allylic oxidation sites excluding steroid dienone is 4. The SMILES string of the molecule is CC1=C(C)C(c2ccc(C(C)(C)C)cc2)=CC1. The van der Waals surface area contributed by atoms with Crippen LogP contribution in [0.25, 0.3) is 5.57 Å². The van der Waals surface area contributed by atoms with Gasteiger partial charge in [0.2, 0.25) is 0 Å². The van der Waals surface area contributed by atoms with Crippen LogP contribution in [-0.4, -0.2) is 0 Å². The van der Waals surface area contributed by atoms with E-state index in [2.05, 4.69) is 65.0 Å². The van der Waals surface area contributed by atoms with Crippen LogP contribution in [0.3, 0.4) is 0 Å². The molecular weight excluding hydrogens is 204 g/mol. The zero-order chi connectivity index (χ0) is 12.6. The van der Waals surface area contributed by atoms with Crippen molar-refractivity contribution in [2.24, 2.45) is 0 Å². The van der Waals surface area contributed by atoms with Crippen molar-refractivity contribution in [2.45, 2.75) is 46.5 Å². The van der Waals surface area contributed by atoms with E-state index in [1.807, 2.05) is 0 Å². The van der Waals surface area contributed by atoms with Gasteiger partial charge in [0.1, 0.15) is 0 Å². The Labute approximate surface area is 105 Å². The molecule has 0 bridgehead atoms. The standard InChI is InChI=1S/C17H22/c1-12-6-11-16(13(12)2)14-7-9-15(10-8-14)17(3,4)5/h7-11H,6H2,1-5H3. The quantitative estimate of drug-likeness (QED) is 0.624. The van der Waals surface area contributed by atoms with Crippen LogP contribution in [-0.2, 0) is 5.41 Å². The number of hydrogen-bond donors (Lipinski definition) is 0. The molecule has 0 amide bonds. The van der Waals surface area contributed by atoms with E-state index in [-0.39, 0.29) is 5.41 Å². The van der Waals surface area contributed by atoms with Crippen molar-refractivity contribution in [3.05, 3.63) is 52.6 Å². The van der Waals surface area contributed by atoms with Crippen molar-refractivity contribution < 1.29 is 0 Å². The second kappa shape index (κ2) is 4.18. The van der Waals surface area contributed by atoms with E-state index >= 15 is 0 Å². The molecule has 2 rings (SSSR count). The summed E-state index contributed by atoms with van der Waals surface area (Å²) in [6.07, 6.45) is 3.46. The minimum Gasteiger partial charge on any atom is -0.0723 e. The molecule has 0 heteroatoms. The molecule has 90 valence electrons. The minimum atomic E-state index is 0.239. The molecule has 0 aromatic heterocycles. The first-order chi connectivity index (χ1) is 7.89. The highest BCUT2D eigenvalue weighted by Gasteiger charge is 2.15. The third kappa shape index (κ3) is 2.36. The lowest BCUT2D eigenvalue weighted by Gasteiger charge is -2.19. The van der Waals surface area contributed by atoms with E-state index < -0.39 is 0 Å². The van der Waals surface area contributed by atoms with Crippen molar-refractivity contribution in [1.29, 1.82) is 0 Å². The first-order valence-corrected chi connectivity index (χ1v) is 6.37. The van der Waals surface area contributed by atoms with Gasteiger partial charge >= 0.3 is 0 Å². The predicted octanol–water partition coefficient (Wildman–Crippen LogP) is 5.11. The molecule has 0 aliphatic heterocycles. The average Bonchev–Trinajstić information content (AvgIpc) is 2.59. The summed E-state index contributed by atoms with van der Waals surface area (Å²) in [6, 6.07) is 9.04. The van der Waals surface area contributed by atoms with Gasteiger partial charge in [0, 0.05) is 0 Å². The summed E-state index contributed by atoms with van der Waals surface area (Å²) in [6.45, 7) is 11.2. The number of rotatable bonds is 1. The Morgan fingerprint density at radius 1 is 0.941 bits per heavy atom. The smallest absolute Gasteiger partial charge is 0.0126 e. The number of benzene rings is 1. The topological polar surface area (TPSA) is 0 Å². The molecule has 0 nitrogen and oxygen atoms in total. The van der Waals surface area contributed by atoms with Gasteiger partial charge in [-0.15, -0.1) is 0 Å². The first-order valence-electron chi connectivity index (χ1n) is 6.37. The molecule has 1 aliphatic rings. The Kier molecular flexibility index (Phi) is 2.99. The van der Waals surface area contributed by atoms with Crippen LogP contribution in [0.1, 0.15) is 52.2 Å². The Hall–Kier alpha value is -1.30. The largest absolute Gasteiger partial charge is 0.0723 e. The lowest BCUT2D eigenvalue weighted by molar-refractivity contribution is 0.590. The van der Waals surface area contributed by atoms with Gasteiger partial charge in [-0.05, 0) is 48.0 Å². The van der Waals surface area contributed by atoms with Crippen LogP contribution in [0.4, 0.5) is 0 Å². The maximum atomic E-state index is 2.34. The highest BCUT2D eigenvalue weighted by atomic mass is 14.2. The van der Waals surface area contributed by atoms with Crippen LogP contribution < -0.4 is 0 Å². The lowest BCUT2D eigenvalue weighted by Crippen LogP contribution is -2.10. The fourth-order valence-electron chi connectivity index (χ4n) is 2.28. The highest BCUT2D eigenvalue weighted by molar-refractivity contribution is 5.82. The van der Waals surface area contributed by atoms with Crippen molar-refractivity contribution >= 4 is 5.57 Å². The van der Waals surface area contributed by atoms with Crippen molar-refractivity contribution in [3.63, 3.8) is 0 Å². The van der Waals surface area contributed by atoms with Gasteiger partial charge in [0.15, 0.2) is 0 Å². The molecule has 17 heavy (non-hydrogen) atoms. The van der Waals surface area contributed by atoms with Gasteiger partial charge in [-0.1, -0.05) is 56.7 Å². The molecule has 0 spiro atoms. The van der Waals surface area contributed by atoms with Gasteiger partial charge in [-0.25, -0.2) is 0 Å². The molecule has 1 aromatic rings. The number of hydrogen-bond acceptors (Lipinski definition) is 0. The zero-order valence-electron chi connectivity index (χ0n) is 11.6. The third-order valence-corrected chi connectivity index (χ3v) is 3.72. The second-order valence-electron chi connectivity index (χ2n) is 6.05. The van der Waals surface area contributed by atoms with Crippen molar-refractivity contribution in [2.75, 3.05) is 0 Å². The van der Waals surface area contributed by atoms with Gasteiger partial charge in [-0.2, -0.15) is 0 Å². The van der Waals surface area contributed by atoms with E-state index in [4.69, 9.17) is 0 Å². The highest BCUT2D eigenvalue weighted by Crippen LogP contribution is 2.34. The summed E-state index contributed by atoms with van der Waals surface area (Å²) >= 11 is 0. The zero-order valence-corrected chi connectivity index (χ0v) is 11.6.